The molecule has 3 unspecified atom stereocenters. The van der Waals surface area contributed by atoms with Gasteiger partial charge >= 0.3 is 0 Å². The van der Waals surface area contributed by atoms with Gasteiger partial charge in [-0.05, 0) is 55.3 Å². The SMILES string of the molecule is CCCNC(Cc1cccc(Br)c1)C1CCCC1C. The predicted molar refractivity (Wildman–Crippen MR) is 86.4 cm³/mol. The Morgan fingerprint density at radius 1 is 1.37 bits per heavy atom. The van der Waals surface area contributed by atoms with E-state index in [9.17, 15) is 0 Å². The quantitative estimate of drug-likeness (QED) is 0.793. The van der Waals surface area contributed by atoms with E-state index in [4.69, 9.17) is 0 Å². The Hall–Kier alpha value is -0.340. The molecule has 0 saturated heterocycles. The summed E-state index contributed by atoms with van der Waals surface area (Å²) in [7, 11) is 0. The van der Waals surface area contributed by atoms with Gasteiger partial charge in [-0.25, -0.2) is 0 Å². The Balaban J connectivity index is 2.04. The largest absolute Gasteiger partial charge is 0.313 e. The van der Waals surface area contributed by atoms with Gasteiger partial charge in [0.05, 0.1) is 0 Å². The van der Waals surface area contributed by atoms with E-state index < -0.39 is 0 Å². The first-order valence-electron chi connectivity index (χ1n) is 7.68. The summed E-state index contributed by atoms with van der Waals surface area (Å²) >= 11 is 3.58. The molecule has 3 atom stereocenters. The van der Waals surface area contributed by atoms with Crippen molar-refractivity contribution in [2.45, 2.75) is 52.0 Å². The number of benzene rings is 1. The van der Waals surface area contributed by atoms with Crippen LogP contribution >= 0.6 is 15.9 Å². The van der Waals surface area contributed by atoms with E-state index in [-0.39, 0.29) is 0 Å². The third-order valence-electron chi connectivity index (χ3n) is 4.45. The zero-order valence-electron chi connectivity index (χ0n) is 12.2. The number of halogens is 1. The van der Waals surface area contributed by atoms with E-state index >= 15 is 0 Å². The van der Waals surface area contributed by atoms with Gasteiger partial charge < -0.3 is 5.32 Å². The first kappa shape index (κ1) is 15.1. The third-order valence-corrected chi connectivity index (χ3v) is 4.94. The molecule has 19 heavy (non-hydrogen) atoms. The van der Waals surface area contributed by atoms with E-state index in [1.165, 1.54) is 35.7 Å². The molecule has 1 aliphatic carbocycles. The average molecular weight is 324 g/mol. The standard InChI is InChI=1S/C17H26BrN/c1-3-10-19-17(16-9-4-6-13(16)2)12-14-7-5-8-15(18)11-14/h5,7-8,11,13,16-17,19H,3-4,6,9-10,12H2,1-2H3. The fourth-order valence-corrected chi connectivity index (χ4v) is 3.84. The first-order chi connectivity index (χ1) is 9.20. The van der Waals surface area contributed by atoms with E-state index in [0.717, 1.165) is 24.8 Å². The van der Waals surface area contributed by atoms with Crippen molar-refractivity contribution in [3.63, 3.8) is 0 Å². The molecule has 106 valence electrons. The Morgan fingerprint density at radius 2 is 2.21 bits per heavy atom. The van der Waals surface area contributed by atoms with E-state index in [2.05, 4.69) is 59.4 Å². The number of nitrogens with one attached hydrogen (secondary N) is 1. The van der Waals surface area contributed by atoms with Crippen LogP contribution in [0.2, 0.25) is 0 Å². The fourth-order valence-electron chi connectivity index (χ4n) is 3.39. The summed E-state index contributed by atoms with van der Waals surface area (Å²) in [6.07, 6.45) is 6.60. The molecule has 0 amide bonds. The second-order valence-electron chi connectivity index (χ2n) is 5.97. The highest BCUT2D eigenvalue weighted by molar-refractivity contribution is 9.10. The molecular formula is C17H26BrN. The smallest absolute Gasteiger partial charge is 0.0178 e. The maximum Gasteiger partial charge on any atom is 0.0178 e. The van der Waals surface area contributed by atoms with Gasteiger partial charge in [-0.1, -0.05) is 54.8 Å². The normalized spacial score (nSPS) is 24.6. The summed E-state index contributed by atoms with van der Waals surface area (Å²) in [4.78, 5) is 0. The van der Waals surface area contributed by atoms with Crippen molar-refractivity contribution in [3.05, 3.63) is 34.3 Å². The lowest BCUT2D eigenvalue weighted by Crippen LogP contribution is -2.39. The molecule has 0 spiro atoms. The third kappa shape index (κ3) is 4.32. The van der Waals surface area contributed by atoms with Gasteiger partial charge in [0.25, 0.3) is 0 Å². The molecule has 1 aromatic rings. The minimum atomic E-state index is 0.645. The van der Waals surface area contributed by atoms with Gasteiger partial charge in [-0.15, -0.1) is 0 Å². The van der Waals surface area contributed by atoms with E-state index in [0.29, 0.717) is 6.04 Å². The lowest BCUT2D eigenvalue weighted by molar-refractivity contribution is 0.295. The van der Waals surface area contributed by atoms with Crippen molar-refractivity contribution in [2.75, 3.05) is 6.54 Å². The van der Waals surface area contributed by atoms with E-state index in [1.807, 2.05) is 0 Å². The lowest BCUT2D eigenvalue weighted by Gasteiger charge is -2.28. The molecule has 0 heterocycles. The average Bonchev–Trinajstić information content (AvgIpc) is 2.81. The zero-order valence-corrected chi connectivity index (χ0v) is 13.7. The number of hydrogen-bond donors (Lipinski definition) is 1. The molecule has 1 N–H and O–H groups in total. The van der Waals surface area contributed by atoms with Crippen molar-refractivity contribution in [1.29, 1.82) is 0 Å². The number of hydrogen-bond acceptors (Lipinski definition) is 1. The lowest BCUT2D eigenvalue weighted by atomic mass is 9.86. The van der Waals surface area contributed by atoms with Gasteiger partial charge in [-0.3, -0.25) is 0 Å². The van der Waals surface area contributed by atoms with Crippen LogP contribution in [0.4, 0.5) is 0 Å². The predicted octanol–water partition coefficient (Wildman–Crippen LogP) is 4.80. The highest BCUT2D eigenvalue weighted by Gasteiger charge is 2.30. The molecular weight excluding hydrogens is 298 g/mol. The Bertz CT molecular complexity index is 391. The second kappa shape index (κ2) is 7.44. The van der Waals surface area contributed by atoms with Crippen molar-refractivity contribution in [2.24, 2.45) is 11.8 Å². The van der Waals surface area contributed by atoms with Crippen LogP contribution in [0.25, 0.3) is 0 Å². The van der Waals surface area contributed by atoms with Gasteiger partial charge in [0.2, 0.25) is 0 Å². The summed E-state index contributed by atoms with van der Waals surface area (Å²) in [6.45, 7) is 5.82. The minimum Gasteiger partial charge on any atom is -0.313 e. The summed E-state index contributed by atoms with van der Waals surface area (Å²) in [5.41, 5.74) is 1.45. The molecule has 1 fully saturated rings. The van der Waals surface area contributed by atoms with Crippen LogP contribution < -0.4 is 5.32 Å². The fraction of sp³-hybridized carbons (Fsp3) is 0.647. The molecule has 0 aliphatic heterocycles. The van der Waals surface area contributed by atoms with Crippen molar-refractivity contribution < 1.29 is 0 Å². The topological polar surface area (TPSA) is 12.0 Å². The zero-order chi connectivity index (χ0) is 13.7. The van der Waals surface area contributed by atoms with Gasteiger partial charge in [0, 0.05) is 10.5 Å². The van der Waals surface area contributed by atoms with Crippen LogP contribution in [0.1, 0.15) is 45.1 Å². The maximum absolute atomic E-state index is 3.79. The van der Waals surface area contributed by atoms with Crippen molar-refractivity contribution in [3.8, 4) is 0 Å². The Labute approximate surface area is 126 Å². The molecule has 0 radical (unpaired) electrons. The van der Waals surface area contributed by atoms with Crippen LogP contribution in [0.15, 0.2) is 28.7 Å². The highest BCUT2D eigenvalue weighted by Crippen LogP contribution is 2.34. The highest BCUT2D eigenvalue weighted by atomic mass is 79.9. The molecule has 0 bridgehead atoms. The molecule has 0 aromatic heterocycles. The molecule has 2 rings (SSSR count). The van der Waals surface area contributed by atoms with Crippen LogP contribution in [-0.4, -0.2) is 12.6 Å². The molecule has 1 aliphatic rings. The molecule has 1 saturated carbocycles. The molecule has 1 nitrogen and oxygen atoms in total. The summed E-state index contributed by atoms with van der Waals surface area (Å²) in [5.74, 6) is 1.73. The Morgan fingerprint density at radius 3 is 2.84 bits per heavy atom. The summed E-state index contributed by atoms with van der Waals surface area (Å²) in [6, 6.07) is 9.42. The second-order valence-corrected chi connectivity index (χ2v) is 6.88. The maximum atomic E-state index is 3.79. The van der Waals surface area contributed by atoms with Crippen LogP contribution in [0, 0.1) is 11.8 Å². The Kier molecular flexibility index (Phi) is 5.90. The molecule has 1 aromatic carbocycles. The van der Waals surface area contributed by atoms with Crippen LogP contribution in [-0.2, 0) is 6.42 Å². The summed E-state index contributed by atoms with van der Waals surface area (Å²) in [5, 5.41) is 3.79. The van der Waals surface area contributed by atoms with Crippen LogP contribution in [0.3, 0.4) is 0 Å². The van der Waals surface area contributed by atoms with Gasteiger partial charge in [-0.2, -0.15) is 0 Å². The van der Waals surface area contributed by atoms with Crippen molar-refractivity contribution in [1.82, 2.24) is 5.32 Å². The molecule has 2 heteroatoms. The number of rotatable bonds is 6. The van der Waals surface area contributed by atoms with Gasteiger partial charge in [0.1, 0.15) is 0 Å². The van der Waals surface area contributed by atoms with Crippen LogP contribution in [0.5, 0.6) is 0 Å². The van der Waals surface area contributed by atoms with Gasteiger partial charge in [0.15, 0.2) is 0 Å². The minimum absolute atomic E-state index is 0.645. The monoisotopic (exact) mass is 323 g/mol. The van der Waals surface area contributed by atoms with E-state index in [1.54, 1.807) is 0 Å². The summed E-state index contributed by atoms with van der Waals surface area (Å²) < 4.78 is 1.19. The van der Waals surface area contributed by atoms with Crippen molar-refractivity contribution >= 4 is 15.9 Å². The first-order valence-corrected chi connectivity index (χ1v) is 8.47.